The van der Waals surface area contributed by atoms with Crippen LogP contribution >= 0.6 is 0 Å². The zero-order valence-electron chi connectivity index (χ0n) is 14.8. The Morgan fingerprint density at radius 1 is 1.15 bits per heavy atom. The number of aromatic amines is 1. The van der Waals surface area contributed by atoms with Crippen LogP contribution in [0.25, 0.3) is 0 Å². The maximum atomic E-state index is 12.5. The third-order valence-electron chi connectivity index (χ3n) is 4.33. The Labute approximate surface area is 154 Å². The molecule has 140 valence electrons. The van der Waals surface area contributed by atoms with Crippen molar-refractivity contribution in [3.8, 4) is 0 Å². The quantitative estimate of drug-likeness (QED) is 0.583. The second-order valence-electron chi connectivity index (χ2n) is 6.27. The largest absolute Gasteiger partial charge is 0.328 e. The lowest BCUT2D eigenvalue weighted by Crippen LogP contribution is -2.37. The van der Waals surface area contributed by atoms with Gasteiger partial charge < -0.3 is 4.57 Å². The van der Waals surface area contributed by atoms with E-state index in [1.165, 1.54) is 17.8 Å². The number of hydrogen-bond donors (Lipinski definition) is 1. The number of benzene rings is 1. The highest BCUT2D eigenvalue weighted by molar-refractivity contribution is 6.20. The predicted octanol–water partition coefficient (Wildman–Crippen LogP) is 1.18. The molecule has 8 heteroatoms. The van der Waals surface area contributed by atoms with Gasteiger partial charge in [0.2, 0.25) is 0 Å². The topological polar surface area (TPSA) is 101 Å². The third kappa shape index (κ3) is 3.65. The van der Waals surface area contributed by atoms with E-state index >= 15 is 0 Å². The average Bonchev–Trinajstić information content (AvgIpc) is 2.89. The van der Waals surface area contributed by atoms with Crippen molar-refractivity contribution in [2.45, 2.75) is 25.4 Å². The Bertz CT molecular complexity index is 985. The van der Waals surface area contributed by atoms with Gasteiger partial charge in [0.25, 0.3) is 17.4 Å². The first-order chi connectivity index (χ1) is 12.9. The summed E-state index contributed by atoms with van der Waals surface area (Å²) in [5, 5.41) is 0.745. The van der Waals surface area contributed by atoms with E-state index in [-0.39, 0.29) is 17.5 Å². The molecular formula is C19H19N3O5. The fraction of sp³-hybridized carbons (Fsp3) is 0.263. The zero-order valence-corrected chi connectivity index (χ0v) is 14.8. The molecule has 1 aliphatic rings. The summed E-state index contributed by atoms with van der Waals surface area (Å²) in [5.74, 6) is -1.07. The molecular weight excluding hydrogens is 350 g/mol. The second kappa shape index (κ2) is 7.55. The molecule has 0 aliphatic carbocycles. The summed E-state index contributed by atoms with van der Waals surface area (Å²) in [7, 11) is 1.52. The summed E-state index contributed by atoms with van der Waals surface area (Å²) in [6.07, 6.45) is 3.63. The number of allylic oxidation sites excluding steroid dienone is 1. The number of nitrogens with zero attached hydrogens (tertiary/aromatic N) is 2. The van der Waals surface area contributed by atoms with Crippen LogP contribution in [0.2, 0.25) is 0 Å². The summed E-state index contributed by atoms with van der Waals surface area (Å²) in [4.78, 5) is 56.4. The molecule has 2 amide bonds. The molecule has 0 fully saturated rings. The van der Waals surface area contributed by atoms with Crippen LogP contribution in [-0.4, -0.2) is 32.5 Å². The third-order valence-corrected chi connectivity index (χ3v) is 4.33. The fourth-order valence-corrected chi connectivity index (χ4v) is 2.91. The van der Waals surface area contributed by atoms with E-state index in [1.807, 2.05) is 0 Å². The molecule has 2 heterocycles. The van der Waals surface area contributed by atoms with Crippen LogP contribution in [0.15, 0.2) is 52.7 Å². The van der Waals surface area contributed by atoms with Gasteiger partial charge in [-0.05, 0) is 25.0 Å². The predicted molar refractivity (Wildman–Crippen MR) is 97.3 cm³/mol. The van der Waals surface area contributed by atoms with Gasteiger partial charge >= 0.3 is 5.69 Å². The van der Waals surface area contributed by atoms with Crippen molar-refractivity contribution in [2.24, 2.45) is 7.05 Å². The van der Waals surface area contributed by atoms with Crippen LogP contribution in [0.5, 0.6) is 0 Å². The van der Waals surface area contributed by atoms with Gasteiger partial charge in [-0.1, -0.05) is 18.2 Å². The zero-order chi connectivity index (χ0) is 19.6. The number of hydroxylamine groups is 2. The molecule has 1 N–H and O–H groups in total. The number of hydrogen-bond acceptors (Lipinski definition) is 5. The van der Waals surface area contributed by atoms with Gasteiger partial charge in [-0.3, -0.25) is 24.2 Å². The molecule has 0 radical (unpaired) electrons. The van der Waals surface area contributed by atoms with Gasteiger partial charge in [0.05, 0.1) is 17.2 Å². The van der Waals surface area contributed by atoms with Crippen LogP contribution in [0.1, 0.15) is 39.1 Å². The molecule has 0 saturated carbocycles. The van der Waals surface area contributed by atoms with Crippen molar-refractivity contribution in [2.75, 3.05) is 0 Å². The van der Waals surface area contributed by atoms with Crippen molar-refractivity contribution in [1.82, 2.24) is 14.6 Å². The highest BCUT2D eigenvalue weighted by Gasteiger charge is 2.38. The maximum Gasteiger partial charge on any atom is 0.328 e. The van der Waals surface area contributed by atoms with Crippen LogP contribution in [-0.2, 0) is 18.3 Å². The van der Waals surface area contributed by atoms with E-state index in [4.69, 9.17) is 4.84 Å². The lowest BCUT2D eigenvalue weighted by molar-refractivity contribution is -0.133. The lowest BCUT2D eigenvalue weighted by atomic mass is 10.1. The highest BCUT2D eigenvalue weighted by Crippen LogP contribution is 2.24. The SMILES string of the molecule is C=CCCC(Cc1cn(C)c(=O)[nH]c1=O)ON1C(=O)c2ccccc2C1=O. The van der Waals surface area contributed by atoms with Crippen molar-refractivity contribution in [3.05, 3.63) is 80.6 Å². The minimum atomic E-state index is -0.621. The summed E-state index contributed by atoms with van der Waals surface area (Å²) >= 11 is 0. The summed E-state index contributed by atoms with van der Waals surface area (Å²) in [5.41, 5.74) is -0.155. The molecule has 1 aromatic heterocycles. The van der Waals surface area contributed by atoms with E-state index in [9.17, 15) is 19.2 Å². The van der Waals surface area contributed by atoms with E-state index in [0.29, 0.717) is 18.4 Å². The minimum absolute atomic E-state index is 0.130. The molecule has 3 rings (SSSR count). The number of aromatic nitrogens is 2. The van der Waals surface area contributed by atoms with E-state index in [0.717, 1.165) is 5.06 Å². The molecule has 0 bridgehead atoms. The normalized spacial score (nSPS) is 14.3. The first-order valence-corrected chi connectivity index (χ1v) is 8.46. The number of nitrogens with one attached hydrogen (secondary N) is 1. The van der Waals surface area contributed by atoms with Crippen LogP contribution in [0.3, 0.4) is 0 Å². The summed E-state index contributed by atoms with van der Waals surface area (Å²) < 4.78 is 1.25. The van der Waals surface area contributed by atoms with Crippen molar-refractivity contribution >= 4 is 11.8 Å². The number of fused-ring (bicyclic) bond motifs is 1. The average molecular weight is 369 g/mol. The van der Waals surface area contributed by atoms with Crippen LogP contribution < -0.4 is 11.2 Å². The standard InChI is InChI=1S/C19H19N3O5/c1-3-4-7-13(10-12-11-21(2)19(26)20-16(12)23)27-22-17(24)14-8-5-6-9-15(14)18(22)25/h3,5-6,8-9,11,13H,1,4,7,10H2,2H3,(H,20,23,26). The van der Waals surface area contributed by atoms with Crippen molar-refractivity contribution in [1.29, 1.82) is 0 Å². The van der Waals surface area contributed by atoms with Gasteiger partial charge in [0.15, 0.2) is 0 Å². The van der Waals surface area contributed by atoms with E-state index in [2.05, 4.69) is 11.6 Å². The molecule has 0 saturated heterocycles. The Kier molecular flexibility index (Phi) is 5.18. The fourth-order valence-electron chi connectivity index (χ4n) is 2.91. The Balaban J connectivity index is 1.84. The molecule has 1 unspecified atom stereocenters. The summed E-state index contributed by atoms with van der Waals surface area (Å²) in [6, 6.07) is 6.48. The van der Waals surface area contributed by atoms with Gasteiger partial charge in [-0.15, -0.1) is 11.6 Å². The first-order valence-electron chi connectivity index (χ1n) is 8.46. The minimum Gasteiger partial charge on any atom is -0.303 e. The Hall–Kier alpha value is -3.26. The van der Waals surface area contributed by atoms with Crippen molar-refractivity contribution in [3.63, 3.8) is 0 Å². The molecule has 0 spiro atoms. The first kappa shape index (κ1) is 18.5. The maximum absolute atomic E-state index is 12.5. The number of H-pyrrole nitrogens is 1. The highest BCUT2D eigenvalue weighted by atomic mass is 16.7. The Morgan fingerprint density at radius 2 is 1.78 bits per heavy atom. The number of rotatable bonds is 7. The van der Waals surface area contributed by atoms with Crippen LogP contribution in [0, 0.1) is 0 Å². The van der Waals surface area contributed by atoms with E-state index in [1.54, 1.807) is 30.3 Å². The monoisotopic (exact) mass is 369 g/mol. The smallest absolute Gasteiger partial charge is 0.303 e. The molecule has 27 heavy (non-hydrogen) atoms. The summed E-state index contributed by atoms with van der Waals surface area (Å²) in [6.45, 7) is 3.66. The Morgan fingerprint density at radius 3 is 2.37 bits per heavy atom. The lowest BCUT2D eigenvalue weighted by Gasteiger charge is -2.22. The van der Waals surface area contributed by atoms with Gasteiger partial charge in [0, 0.05) is 25.2 Å². The van der Waals surface area contributed by atoms with Crippen LogP contribution in [0.4, 0.5) is 0 Å². The van der Waals surface area contributed by atoms with Gasteiger partial charge in [-0.25, -0.2) is 4.79 Å². The van der Waals surface area contributed by atoms with Gasteiger partial charge in [-0.2, -0.15) is 0 Å². The number of carbonyl (C=O) groups excluding carboxylic acids is 2. The molecule has 1 aliphatic heterocycles. The number of aryl methyl sites for hydroxylation is 1. The molecule has 8 nitrogen and oxygen atoms in total. The van der Waals surface area contributed by atoms with E-state index < -0.39 is 29.2 Å². The number of imide groups is 1. The van der Waals surface area contributed by atoms with Gasteiger partial charge in [0.1, 0.15) is 0 Å². The number of carbonyl (C=O) groups is 2. The molecule has 1 aromatic carbocycles. The van der Waals surface area contributed by atoms with Crippen molar-refractivity contribution < 1.29 is 14.4 Å². The number of amides is 2. The molecule has 1 atom stereocenters. The molecule has 2 aromatic rings. The second-order valence-corrected chi connectivity index (χ2v) is 6.27.